The maximum Gasteiger partial charge on any atom is 0.119 e. The second kappa shape index (κ2) is 13.2. The van der Waals surface area contributed by atoms with Crippen LogP contribution in [0.3, 0.4) is 0 Å². The SMILES string of the molecule is CCCCCCOc1ccc(Cc2ccc(OCCCCCC)cc2)cc1. The summed E-state index contributed by atoms with van der Waals surface area (Å²) in [6, 6.07) is 17.0. The van der Waals surface area contributed by atoms with Crippen molar-refractivity contribution >= 4 is 0 Å². The van der Waals surface area contributed by atoms with Gasteiger partial charge in [-0.25, -0.2) is 0 Å². The van der Waals surface area contributed by atoms with E-state index in [1.54, 1.807) is 0 Å². The minimum atomic E-state index is 0.819. The van der Waals surface area contributed by atoms with Gasteiger partial charge in [0, 0.05) is 0 Å². The average Bonchev–Trinajstić information content (AvgIpc) is 2.70. The molecule has 2 nitrogen and oxygen atoms in total. The molecule has 2 heteroatoms. The molecular weight excluding hydrogens is 332 g/mol. The van der Waals surface area contributed by atoms with Crippen LogP contribution in [0.4, 0.5) is 0 Å². The summed E-state index contributed by atoms with van der Waals surface area (Å²) >= 11 is 0. The van der Waals surface area contributed by atoms with Crippen LogP contribution in [0.25, 0.3) is 0 Å². The Morgan fingerprint density at radius 1 is 0.519 bits per heavy atom. The first kappa shape index (κ1) is 21.3. The highest BCUT2D eigenvalue weighted by atomic mass is 16.5. The Labute approximate surface area is 165 Å². The van der Waals surface area contributed by atoms with E-state index in [1.807, 2.05) is 0 Å². The number of hydrogen-bond donors (Lipinski definition) is 0. The van der Waals surface area contributed by atoms with Gasteiger partial charge < -0.3 is 9.47 Å². The molecule has 2 aromatic carbocycles. The third-order valence-electron chi connectivity index (χ3n) is 4.79. The topological polar surface area (TPSA) is 18.5 Å². The first-order chi connectivity index (χ1) is 13.3. The molecular formula is C25H36O2. The second-order valence-electron chi connectivity index (χ2n) is 7.28. The molecule has 0 N–H and O–H groups in total. The molecule has 2 aromatic rings. The van der Waals surface area contributed by atoms with E-state index in [2.05, 4.69) is 62.4 Å². The number of unbranched alkanes of at least 4 members (excludes halogenated alkanes) is 6. The standard InChI is InChI=1S/C25H36O2/c1-3-5-7-9-19-26-24-15-11-22(12-16-24)21-23-13-17-25(18-14-23)27-20-10-8-6-4-2/h11-18H,3-10,19-21H2,1-2H3. The van der Waals surface area contributed by atoms with Gasteiger partial charge in [0.05, 0.1) is 13.2 Å². The molecule has 0 bridgehead atoms. The molecule has 0 saturated carbocycles. The van der Waals surface area contributed by atoms with Crippen LogP contribution in [0.1, 0.15) is 76.3 Å². The Morgan fingerprint density at radius 2 is 0.926 bits per heavy atom. The molecule has 2 rings (SSSR count). The lowest BCUT2D eigenvalue weighted by molar-refractivity contribution is 0.305. The summed E-state index contributed by atoms with van der Waals surface area (Å²) in [4.78, 5) is 0. The van der Waals surface area contributed by atoms with Gasteiger partial charge in [0.15, 0.2) is 0 Å². The summed E-state index contributed by atoms with van der Waals surface area (Å²) < 4.78 is 11.6. The van der Waals surface area contributed by atoms with Crippen LogP contribution in [0.5, 0.6) is 11.5 Å². The normalized spacial score (nSPS) is 10.7. The minimum Gasteiger partial charge on any atom is -0.494 e. The highest BCUT2D eigenvalue weighted by Gasteiger charge is 2.00. The Balaban J connectivity index is 1.71. The molecule has 0 atom stereocenters. The molecule has 0 aromatic heterocycles. The third kappa shape index (κ3) is 8.99. The highest BCUT2D eigenvalue weighted by molar-refractivity contribution is 5.34. The summed E-state index contributed by atoms with van der Waals surface area (Å²) in [7, 11) is 0. The lowest BCUT2D eigenvalue weighted by Gasteiger charge is -2.09. The van der Waals surface area contributed by atoms with Crippen LogP contribution in [0, 0.1) is 0 Å². The highest BCUT2D eigenvalue weighted by Crippen LogP contribution is 2.18. The van der Waals surface area contributed by atoms with Crippen LogP contribution in [0.2, 0.25) is 0 Å². The van der Waals surface area contributed by atoms with E-state index in [0.717, 1.165) is 44.0 Å². The van der Waals surface area contributed by atoms with E-state index < -0.39 is 0 Å². The van der Waals surface area contributed by atoms with Gasteiger partial charge in [-0.05, 0) is 54.7 Å². The number of rotatable bonds is 14. The van der Waals surface area contributed by atoms with Gasteiger partial charge in [0.2, 0.25) is 0 Å². The Bertz CT molecular complexity index is 546. The molecule has 148 valence electrons. The lowest BCUT2D eigenvalue weighted by Crippen LogP contribution is -1.98. The maximum atomic E-state index is 5.82. The van der Waals surface area contributed by atoms with E-state index in [-0.39, 0.29) is 0 Å². The zero-order valence-electron chi connectivity index (χ0n) is 17.2. The molecule has 0 amide bonds. The monoisotopic (exact) mass is 368 g/mol. The van der Waals surface area contributed by atoms with Gasteiger partial charge in [0.1, 0.15) is 11.5 Å². The maximum absolute atomic E-state index is 5.82. The number of benzene rings is 2. The zero-order chi connectivity index (χ0) is 19.2. The molecule has 0 heterocycles. The summed E-state index contributed by atoms with van der Waals surface area (Å²) in [6.45, 7) is 6.10. The molecule has 0 fully saturated rings. The van der Waals surface area contributed by atoms with Gasteiger partial charge in [0.25, 0.3) is 0 Å². The molecule has 0 aliphatic rings. The zero-order valence-corrected chi connectivity index (χ0v) is 17.2. The van der Waals surface area contributed by atoms with Gasteiger partial charge in [-0.15, -0.1) is 0 Å². The van der Waals surface area contributed by atoms with E-state index in [4.69, 9.17) is 9.47 Å². The van der Waals surface area contributed by atoms with Crippen molar-refractivity contribution in [2.45, 2.75) is 71.6 Å². The predicted molar refractivity (Wildman–Crippen MR) is 115 cm³/mol. The van der Waals surface area contributed by atoms with Gasteiger partial charge >= 0.3 is 0 Å². The number of ether oxygens (including phenoxy) is 2. The second-order valence-corrected chi connectivity index (χ2v) is 7.28. The van der Waals surface area contributed by atoms with Gasteiger partial charge in [-0.2, -0.15) is 0 Å². The fourth-order valence-corrected chi connectivity index (χ4v) is 3.08. The van der Waals surface area contributed by atoms with Crippen molar-refractivity contribution in [3.8, 4) is 11.5 Å². The first-order valence-electron chi connectivity index (χ1n) is 10.7. The molecule has 0 saturated heterocycles. The molecule has 0 unspecified atom stereocenters. The average molecular weight is 369 g/mol. The van der Waals surface area contributed by atoms with Crippen molar-refractivity contribution < 1.29 is 9.47 Å². The fourth-order valence-electron chi connectivity index (χ4n) is 3.08. The van der Waals surface area contributed by atoms with Crippen molar-refractivity contribution in [2.24, 2.45) is 0 Å². The van der Waals surface area contributed by atoms with E-state index in [1.165, 1.54) is 49.7 Å². The molecule has 0 aliphatic heterocycles. The van der Waals surface area contributed by atoms with Crippen molar-refractivity contribution in [3.05, 3.63) is 59.7 Å². The smallest absolute Gasteiger partial charge is 0.119 e. The number of hydrogen-bond acceptors (Lipinski definition) is 2. The molecule has 0 radical (unpaired) electrons. The van der Waals surface area contributed by atoms with Crippen LogP contribution in [-0.4, -0.2) is 13.2 Å². The summed E-state index contributed by atoms with van der Waals surface area (Å²) in [5, 5.41) is 0. The Morgan fingerprint density at radius 3 is 1.30 bits per heavy atom. The molecule has 27 heavy (non-hydrogen) atoms. The largest absolute Gasteiger partial charge is 0.494 e. The van der Waals surface area contributed by atoms with E-state index >= 15 is 0 Å². The lowest BCUT2D eigenvalue weighted by atomic mass is 10.0. The summed E-state index contributed by atoms with van der Waals surface area (Å²) in [6.07, 6.45) is 10.9. The first-order valence-corrected chi connectivity index (χ1v) is 10.7. The Hall–Kier alpha value is -1.96. The molecule has 0 spiro atoms. The van der Waals surface area contributed by atoms with Crippen molar-refractivity contribution in [2.75, 3.05) is 13.2 Å². The van der Waals surface area contributed by atoms with Gasteiger partial charge in [-0.1, -0.05) is 76.6 Å². The third-order valence-corrected chi connectivity index (χ3v) is 4.79. The van der Waals surface area contributed by atoms with Crippen LogP contribution in [-0.2, 0) is 6.42 Å². The van der Waals surface area contributed by atoms with Crippen molar-refractivity contribution in [1.82, 2.24) is 0 Å². The van der Waals surface area contributed by atoms with Crippen molar-refractivity contribution in [1.29, 1.82) is 0 Å². The summed E-state index contributed by atoms with van der Waals surface area (Å²) in [5.74, 6) is 1.95. The predicted octanol–water partition coefficient (Wildman–Crippen LogP) is 7.20. The van der Waals surface area contributed by atoms with Gasteiger partial charge in [-0.3, -0.25) is 0 Å². The minimum absolute atomic E-state index is 0.819. The van der Waals surface area contributed by atoms with E-state index in [9.17, 15) is 0 Å². The molecule has 0 aliphatic carbocycles. The Kier molecular flexibility index (Phi) is 10.5. The fraction of sp³-hybridized carbons (Fsp3) is 0.520. The summed E-state index contributed by atoms with van der Waals surface area (Å²) in [5.41, 5.74) is 2.61. The van der Waals surface area contributed by atoms with Crippen LogP contribution in [0.15, 0.2) is 48.5 Å². The van der Waals surface area contributed by atoms with Crippen LogP contribution >= 0.6 is 0 Å². The van der Waals surface area contributed by atoms with Crippen LogP contribution < -0.4 is 9.47 Å². The van der Waals surface area contributed by atoms with Crippen molar-refractivity contribution in [3.63, 3.8) is 0 Å². The van der Waals surface area contributed by atoms with E-state index in [0.29, 0.717) is 0 Å². The quantitative estimate of drug-likeness (QED) is 0.328.